The van der Waals surface area contributed by atoms with Crippen molar-refractivity contribution in [3.05, 3.63) is 29.8 Å². The fourth-order valence-electron chi connectivity index (χ4n) is 1.87. The molecule has 1 amide bonds. The minimum Gasteiger partial charge on any atom is -0.382 e. The Labute approximate surface area is 110 Å². The summed E-state index contributed by atoms with van der Waals surface area (Å²) in [6.45, 7) is 6.63. The van der Waals surface area contributed by atoms with E-state index in [1.165, 1.54) is 0 Å². The van der Waals surface area contributed by atoms with Gasteiger partial charge in [0.2, 0.25) is 5.91 Å². The summed E-state index contributed by atoms with van der Waals surface area (Å²) in [6.07, 6.45) is 2.24. The zero-order chi connectivity index (χ0) is 13.5. The second-order valence-corrected chi connectivity index (χ2v) is 4.73. The van der Waals surface area contributed by atoms with Crippen molar-refractivity contribution < 1.29 is 4.79 Å². The lowest BCUT2D eigenvalue weighted by Gasteiger charge is -2.18. The molecule has 0 saturated heterocycles. The summed E-state index contributed by atoms with van der Waals surface area (Å²) < 4.78 is 0. The van der Waals surface area contributed by atoms with Gasteiger partial charge in [0.05, 0.1) is 0 Å². The Hall–Kier alpha value is -1.51. The first-order chi connectivity index (χ1) is 8.56. The quantitative estimate of drug-likeness (QED) is 0.838. The van der Waals surface area contributed by atoms with E-state index in [4.69, 9.17) is 0 Å². The van der Waals surface area contributed by atoms with Crippen LogP contribution in [0.4, 0.5) is 5.69 Å². The molecule has 0 heterocycles. The Balaban J connectivity index is 2.70. The van der Waals surface area contributed by atoms with Gasteiger partial charge >= 0.3 is 0 Å². The van der Waals surface area contributed by atoms with Crippen LogP contribution in [0.15, 0.2) is 24.3 Å². The van der Waals surface area contributed by atoms with Crippen LogP contribution in [0.25, 0.3) is 0 Å². The Bertz CT molecular complexity index is 386. The molecule has 1 aromatic rings. The second kappa shape index (κ2) is 7.04. The topological polar surface area (TPSA) is 32.3 Å². The monoisotopic (exact) mass is 248 g/mol. The van der Waals surface area contributed by atoms with Gasteiger partial charge in [0.25, 0.3) is 0 Å². The maximum atomic E-state index is 11.2. The summed E-state index contributed by atoms with van der Waals surface area (Å²) in [5.41, 5.74) is 2.29. The molecule has 18 heavy (non-hydrogen) atoms. The van der Waals surface area contributed by atoms with Gasteiger partial charge in [-0.2, -0.15) is 0 Å². The number of hydrogen-bond donors (Lipinski definition) is 1. The van der Waals surface area contributed by atoms with Crippen LogP contribution in [0.2, 0.25) is 0 Å². The van der Waals surface area contributed by atoms with Gasteiger partial charge in [-0.15, -0.1) is 0 Å². The van der Waals surface area contributed by atoms with E-state index in [1.807, 2.05) is 13.1 Å². The van der Waals surface area contributed by atoms with E-state index in [2.05, 4.69) is 37.4 Å². The molecule has 0 fully saturated rings. The highest BCUT2D eigenvalue weighted by molar-refractivity contribution is 5.72. The van der Waals surface area contributed by atoms with Crippen LogP contribution in [0.1, 0.15) is 39.2 Å². The summed E-state index contributed by atoms with van der Waals surface area (Å²) in [4.78, 5) is 12.9. The van der Waals surface area contributed by atoms with Gasteiger partial charge < -0.3 is 10.2 Å². The zero-order valence-electron chi connectivity index (χ0n) is 11.9. The molecule has 3 heteroatoms. The molecule has 0 spiro atoms. The van der Waals surface area contributed by atoms with Crippen molar-refractivity contribution in [2.45, 2.75) is 46.2 Å². The van der Waals surface area contributed by atoms with Crippen molar-refractivity contribution >= 4 is 11.6 Å². The smallest absolute Gasteiger partial charge is 0.219 e. The number of carbonyl (C=O) groups excluding carboxylic acids is 1. The number of nitrogens with one attached hydrogen (secondary N) is 1. The fraction of sp³-hybridized carbons (Fsp3) is 0.533. The zero-order valence-corrected chi connectivity index (χ0v) is 11.9. The molecule has 100 valence electrons. The molecule has 0 aliphatic rings. The molecule has 0 atom stereocenters. The predicted octanol–water partition coefficient (Wildman–Crippen LogP) is 3.27. The van der Waals surface area contributed by atoms with Gasteiger partial charge in [-0.05, 0) is 30.5 Å². The van der Waals surface area contributed by atoms with Crippen molar-refractivity contribution in [2.24, 2.45) is 0 Å². The average molecular weight is 248 g/mol. The Morgan fingerprint density at radius 2 is 2.00 bits per heavy atom. The van der Waals surface area contributed by atoms with E-state index in [1.54, 1.807) is 11.8 Å². The van der Waals surface area contributed by atoms with Crippen LogP contribution >= 0.6 is 0 Å². The minimum absolute atomic E-state index is 0.0911. The first-order valence-electron chi connectivity index (χ1n) is 6.64. The molecule has 1 aromatic carbocycles. The highest BCUT2D eigenvalue weighted by Gasteiger charge is 2.06. The lowest BCUT2D eigenvalue weighted by molar-refractivity contribution is -0.128. The lowest BCUT2D eigenvalue weighted by atomic mass is 10.1. The van der Waals surface area contributed by atoms with Crippen molar-refractivity contribution in [3.63, 3.8) is 0 Å². The molecular formula is C15H24N2O. The van der Waals surface area contributed by atoms with Gasteiger partial charge in [-0.25, -0.2) is 0 Å². The van der Waals surface area contributed by atoms with Gasteiger partial charge in [0.15, 0.2) is 0 Å². The largest absolute Gasteiger partial charge is 0.382 e. The van der Waals surface area contributed by atoms with Crippen LogP contribution in [0.3, 0.4) is 0 Å². The maximum absolute atomic E-state index is 11.2. The first-order valence-corrected chi connectivity index (χ1v) is 6.64. The number of rotatable bonds is 6. The molecule has 0 aliphatic carbocycles. The van der Waals surface area contributed by atoms with Gasteiger partial charge in [-0.1, -0.05) is 26.0 Å². The van der Waals surface area contributed by atoms with Crippen molar-refractivity contribution in [1.82, 2.24) is 4.90 Å². The average Bonchev–Trinajstić information content (AvgIpc) is 2.36. The highest BCUT2D eigenvalue weighted by atomic mass is 16.2. The Morgan fingerprint density at radius 1 is 1.33 bits per heavy atom. The van der Waals surface area contributed by atoms with E-state index in [-0.39, 0.29) is 5.91 Å². The van der Waals surface area contributed by atoms with Crippen LogP contribution in [-0.4, -0.2) is 23.9 Å². The third-order valence-corrected chi connectivity index (χ3v) is 3.24. The van der Waals surface area contributed by atoms with Gasteiger partial charge in [-0.3, -0.25) is 4.79 Å². The Kier molecular flexibility index (Phi) is 5.69. The molecule has 3 nitrogen and oxygen atoms in total. The number of nitrogens with zero attached hydrogens (tertiary/aromatic N) is 1. The van der Waals surface area contributed by atoms with E-state index >= 15 is 0 Å². The Morgan fingerprint density at radius 3 is 2.56 bits per heavy atom. The maximum Gasteiger partial charge on any atom is 0.219 e. The van der Waals surface area contributed by atoms with E-state index in [0.717, 1.165) is 24.1 Å². The molecule has 1 N–H and O–H groups in total. The standard InChI is InChI=1S/C15H24N2O/c1-5-14(6-2)16-15-9-7-8-13(10-15)11-17(4)12(3)18/h7-10,14,16H,5-6,11H2,1-4H3. The molecule has 0 aliphatic heterocycles. The number of benzene rings is 1. The number of anilines is 1. The third kappa shape index (κ3) is 4.40. The fourth-order valence-corrected chi connectivity index (χ4v) is 1.87. The molecule has 0 bridgehead atoms. The molecular weight excluding hydrogens is 224 g/mol. The first kappa shape index (κ1) is 14.6. The van der Waals surface area contributed by atoms with Gasteiger partial charge in [0, 0.05) is 32.2 Å². The molecule has 0 aromatic heterocycles. The summed E-state index contributed by atoms with van der Waals surface area (Å²) in [6, 6.07) is 8.81. The normalized spacial score (nSPS) is 10.5. The van der Waals surface area contributed by atoms with Crippen LogP contribution in [0.5, 0.6) is 0 Å². The SMILES string of the molecule is CCC(CC)Nc1cccc(CN(C)C(C)=O)c1. The van der Waals surface area contributed by atoms with E-state index in [9.17, 15) is 4.79 Å². The molecule has 0 unspecified atom stereocenters. The summed E-state index contributed by atoms with van der Waals surface area (Å²) >= 11 is 0. The number of carbonyl (C=O) groups is 1. The number of amides is 1. The summed E-state index contributed by atoms with van der Waals surface area (Å²) in [5.74, 6) is 0.0911. The van der Waals surface area contributed by atoms with E-state index < -0.39 is 0 Å². The lowest BCUT2D eigenvalue weighted by Crippen LogP contribution is -2.23. The second-order valence-electron chi connectivity index (χ2n) is 4.73. The highest BCUT2D eigenvalue weighted by Crippen LogP contribution is 2.15. The predicted molar refractivity (Wildman–Crippen MR) is 76.6 cm³/mol. The van der Waals surface area contributed by atoms with E-state index in [0.29, 0.717) is 12.6 Å². The number of hydrogen-bond acceptors (Lipinski definition) is 2. The van der Waals surface area contributed by atoms with Crippen molar-refractivity contribution in [3.8, 4) is 0 Å². The van der Waals surface area contributed by atoms with Gasteiger partial charge in [0.1, 0.15) is 0 Å². The van der Waals surface area contributed by atoms with Crippen LogP contribution in [0, 0.1) is 0 Å². The molecule has 0 saturated carbocycles. The summed E-state index contributed by atoms with van der Waals surface area (Å²) in [7, 11) is 1.82. The third-order valence-electron chi connectivity index (χ3n) is 3.24. The van der Waals surface area contributed by atoms with Crippen molar-refractivity contribution in [1.29, 1.82) is 0 Å². The van der Waals surface area contributed by atoms with Crippen molar-refractivity contribution in [2.75, 3.05) is 12.4 Å². The minimum atomic E-state index is 0.0911. The summed E-state index contributed by atoms with van der Waals surface area (Å²) in [5, 5.41) is 3.52. The molecule has 0 radical (unpaired) electrons. The van der Waals surface area contributed by atoms with Crippen LogP contribution in [-0.2, 0) is 11.3 Å². The molecule has 1 rings (SSSR count). The van der Waals surface area contributed by atoms with Crippen LogP contribution < -0.4 is 5.32 Å².